The molecule has 0 aliphatic heterocycles. The summed E-state index contributed by atoms with van der Waals surface area (Å²) in [6, 6.07) is 28.6. The number of anilines is 3. The molecule has 45 heavy (non-hydrogen) atoms. The number of likely N-dealkylation sites (N-methyl/N-ethyl adjacent to an activating group) is 2. The Bertz CT molecular complexity index is 1560. The van der Waals surface area contributed by atoms with E-state index in [9.17, 15) is 4.79 Å². The second-order valence-electron chi connectivity index (χ2n) is 10.8. The Kier molecular flexibility index (Phi) is 12.9. The van der Waals surface area contributed by atoms with Crippen LogP contribution in [0.4, 0.5) is 17.1 Å². The Balaban J connectivity index is 1.79. The minimum atomic E-state index is -0.255. The third kappa shape index (κ3) is 8.68. The van der Waals surface area contributed by atoms with Gasteiger partial charge >= 0.3 is 5.97 Å². The van der Waals surface area contributed by atoms with Gasteiger partial charge in [0.1, 0.15) is 6.61 Å². The number of hydrogen-bond donors (Lipinski definition) is 1. The van der Waals surface area contributed by atoms with Crippen molar-refractivity contribution in [3.05, 3.63) is 113 Å². The topological polar surface area (TPSA) is 54.0 Å². The van der Waals surface area contributed by atoms with E-state index >= 15 is 0 Å². The summed E-state index contributed by atoms with van der Waals surface area (Å²) in [6.07, 6.45) is 1.88. The average molecular weight is 673 g/mol. The largest absolute Gasteiger partial charge is 0.464 e. The van der Waals surface area contributed by atoms with Crippen molar-refractivity contribution >= 4 is 49.7 Å². The second kappa shape index (κ2) is 17.0. The third-order valence-corrected chi connectivity index (χ3v) is 8.78. The first-order valence-corrected chi connectivity index (χ1v) is 16.7. The summed E-state index contributed by atoms with van der Waals surface area (Å²) >= 11 is 3.99. The number of rotatable bonds is 17. The zero-order valence-electron chi connectivity index (χ0n) is 27.0. The summed E-state index contributed by atoms with van der Waals surface area (Å²) in [5, 5.41) is 5.90. The van der Waals surface area contributed by atoms with Gasteiger partial charge in [-0.15, -0.1) is 6.58 Å². The van der Waals surface area contributed by atoms with Crippen LogP contribution in [0.1, 0.15) is 50.3 Å². The highest BCUT2D eigenvalue weighted by molar-refractivity contribution is 9.10. The highest BCUT2D eigenvalue weighted by atomic mass is 79.9. The molecule has 0 fully saturated rings. The zero-order valence-corrected chi connectivity index (χ0v) is 28.6. The summed E-state index contributed by atoms with van der Waals surface area (Å²) in [6.45, 7) is 17.3. The molecule has 1 unspecified atom stereocenters. The molecule has 0 aromatic heterocycles. The van der Waals surface area contributed by atoms with E-state index in [1.54, 1.807) is 0 Å². The van der Waals surface area contributed by atoms with Crippen LogP contribution in [0, 0.1) is 0 Å². The predicted octanol–water partition coefficient (Wildman–Crippen LogP) is 8.63. The van der Waals surface area contributed by atoms with E-state index in [4.69, 9.17) is 9.47 Å². The van der Waals surface area contributed by atoms with Gasteiger partial charge in [-0.3, -0.25) is 4.79 Å². The van der Waals surface area contributed by atoms with Gasteiger partial charge in [0.2, 0.25) is 0 Å². The van der Waals surface area contributed by atoms with Crippen LogP contribution in [-0.2, 0) is 14.3 Å². The fraction of sp³-hybridized carbons (Fsp3) is 0.342. The average Bonchev–Trinajstić information content (AvgIpc) is 3.05. The van der Waals surface area contributed by atoms with Crippen LogP contribution < -0.4 is 15.1 Å². The Morgan fingerprint density at radius 1 is 0.867 bits per heavy atom. The van der Waals surface area contributed by atoms with Gasteiger partial charge < -0.3 is 24.6 Å². The van der Waals surface area contributed by atoms with E-state index in [0.717, 1.165) is 42.1 Å². The van der Waals surface area contributed by atoms with E-state index in [-0.39, 0.29) is 11.9 Å². The Labute approximate surface area is 277 Å². The number of carbonyl (C=O) groups excluding carboxylic acids is 1. The predicted molar refractivity (Wildman–Crippen MR) is 193 cm³/mol. The number of halogens is 1. The number of benzene rings is 4. The minimum absolute atomic E-state index is 0.0181. The summed E-state index contributed by atoms with van der Waals surface area (Å²) in [4.78, 5) is 15.9. The Hall–Kier alpha value is -3.81. The molecule has 4 aromatic rings. The maximum Gasteiger partial charge on any atom is 0.302 e. The maximum atomic E-state index is 11.3. The summed E-state index contributed by atoms with van der Waals surface area (Å²) in [5.74, 6) is -0.273. The number of esters is 1. The minimum Gasteiger partial charge on any atom is -0.464 e. The van der Waals surface area contributed by atoms with Crippen LogP contribution in [0.3, 0.4) is 0 Å². The molecule has 0 radical (unpaired) electrons. The van der Waals surface area contributed by atoms with Crippen LogP contribution in [0.2, 0.25) is 0 Å². The van der Waals surface area contributed by atoms with Crippen molar-refractivity contribution in [2.45, 2.75) is 33.6 Å². The van der Waals surface area contributed by atoms with Crippen molar-refractivity contribution in [2.75, 3.05) is 67.7 Å². The molecule has 0 bridgehead atoms. The molecular formula is C38H46BrN3O3. The van der Waals surface area contributed by atoms with Crippen LogP contribution in [0.5, 0.6) is 0 Å². The molecule has 0 heterocycles. The number of ether oxygens (including phenoxy) is 2. The lowest BCUT2D eigenvalue weighted by molar-refractivity contribution is -0.140. The van der Waals surface area contributed by atoms with Crippen molar-refractivity contribution in [3.8, 4) is 0 Å². The molecule has 238 valence electrons. The van der Waals surface area contributed by atoms with Crippen molar-refractivity contribution < 1.29 is 14.3 Å². The number of nitrogens with zero attached hydrogens (tertiary/aromatic N) is 2. The lowest BCUT2D eigenvalue weighted by Crippen LogP contribution is -2.27. The quantitative estimate of drug-likeness (QED) is 0.0525. The Morgan fingerprint density at radius 2 is 1.51 bits per heavy atom. The van der Waals surface area contributed by atoms with E-state index in [1.807, 2.05) is 13.0 Å². The number of fused-ring (bicyclic) bond motifs is 1. The lowest BCUT2D eigenvalue weighted by Gasteiger charge is -2.27. The van der Waals surface area contributed by atoms with Crippen LogP contribution >= 0.6 is 15.9 Å². The van der Waals surface area contributed by atoms with E-state index in [2.05, 4.69) is 130 Å². The van der Waals surface area contributed by atoms with Gasteiger partial charge in [-0.05, 0) is 73.2 Å². The first kappa shape index (κ1) is 34.1. The van der Waals surface area contributed by atoms with E-state index in [0.29, 0.717) is 26.3 Å². The van der Waals surface area contributed by atoms with Gasteiger partial charge in [-0.25, -0.2) is 0 Å². The molecule has 0 amide bonds. The third-order valence-electron chi connectivity index (χ3n) is 8.10. The smallest absolute Gasteiger partial charge is 0.302 e. The summed E-state index contributed by atoms with van der Waals surface area (Å²) < 4.78 is 11.9. The standard InChI is InChI=1S/C38H46BrN3O3/c1-6-22-40-37-21-20-34(32-12-10-11-13-33(32)37)38(29-14-16-30(17-15-29)41(7-2)24-26-45-28(5)43)35-19-18-31(27-36(35)39)42(8-3)23-25-44-9-4/h6,10-21,27,38,40H,1,7-9,22-26H2,2-5H3. The monoisotopic (exact) mass is 671 g/mol. The molecule has 0 saturated carbocycles. The van der Waals surface area contributed by atoms with Gasteiger partial charge in [-0.1, -0.05) is 70.5 Å². The fourth-order valence-corrected chi connectivity index (χ4v) is 6.42. The summed E-state index contributed by atoms with van der Waals surface area (Å²) in [7, 11) is 0. The van der Waals surface area contributed by atoms with Crippen molar-refractivity contribution in [3.63, 3.8) is 0 Å². The van der Waals surface area contributed by atoms with E-state index in [1.165, 1.54) is 40.1 Å². The first-order valence-electron chi connectivity index (χ1n) is 15.9. The number of hydrogen-bond acceptors (Lipinski definition) is 6. The zero-order chi connectivity index (χ0) is 32.2. The number of carbonyl (C=O) groups is 1. The van der Waals surface area contributed by atoms with Crippen LogP contribution in [-0.4, -0.2) is 58.5 Å². The molecule has 1 N–H and O–H groups in total. The van der Waals surface area contributed by atoms with E-state index < -0.39 is 0 Å². The molecule has 0 saturated heterocycles. The molecule has 7 heteroatoms. The van der Waals surface area contributed by atoms with Gasteiger partial charge in [0.05, 0.1) is 13.2 Å². The lowest BCUT2D eigenvalue weighted by atomic mass is 9.82. The number of nitrogens with one attached hydrogen (secondary N) is 1. The van der Waals surface area contributed by atoms with Crippen molar-refractivity contribution in [1.29, 1.82) is 0 Å². The SMILES string of the molecule is C=CCNc1ccc(C(c2ccc(N(CC)CCOC(C)=O)cc2)c2ccc(N(CC)CCOCC)cc2Br)c2ccccc12. The Morgan fingerprint density at radius 3 is 2.16 bits per heavy atom. The maximum absolute atomic E-state index is 11.3. The van der Waals surface area contributed by atoms with Gasteiger partial charge in [-0.2, -0.15) is 0 Å². The van der Waals surface area contributed by atoms with Crippen molar-refractivity contribution in [1.82, 2.24) is 0 Å². The molecule has 0 aliphatic carbocycles. The molecule has 0 spiro atoms. The first-order chi connectivity index (χ1) is 21.9. The fourth-order valence-electron chi connectivity index (χ4n) is 5.82. The van der Waals surface area contributed by atoms with Gasteiger partial charge in [0.25, 0.3) is 0 Å². The highest BCUT2D eigenvalue weighted by Crippen LogP contribution is 2.42. The second-order valence-corrected chi connectivity index (χ2v) is 11.7. The molecule has 0 aliphatic rings. The molecule has 1 atom stereocenters. The molecule has 4 aromatic carbocycles. The molecule has 4 rings (SSSR count). The van der Waals surface area contributed by atoms with Crippen LogP contribution in [0.25, 0.3) is 10.8 Å². The van der Waals surface area contributed by atoms with Crippen molar-refractivity contribution in [2.24, 2.45) is 0 Å². The van der Waals surface area contributed by atoms with Crippen LogP contribution in [0.15, 0.2) is 96.0 Å². The highest BCUT2D eigenvalue weighted by Gasteiger charge is 2.23. The molecule has 6 nitrogen and oxygen atoms in total. The molecular weight excluding hydrogens is 626 g/mol. The van der Waals surface area contributed by atoms with Gasteiger partial charge in [0.15, 0.2) is 0 Å². The van der Waals surface area contributed by atoms with Gasteiger partial charge in [0, 0.05) is 72.5 Å². The normalized spacial score (nSPS) is 11.7. The summed E-state index contributed by atoms with van der Waals surface area (Å²) in [5.41, 5.74) is 7.00.